The number of hydrogen-bond acceptors (Lipinski definition) is 1. The molecule has 1 aromatic carbocycles. The first-order chi connectivity index (χ1) is 8.33. The van der Waals surface area contributed by atoms with Gasteiger partial charge < -0.3 is 10.6 Å². The molecule has 0 radical (unpaired) electrons. The third-order valence-corrected chi connectivity index (χ3v) is 2.56. The van der Waals surface area contributed by atoms with Crippen LogP contribution in [0, 0.1) is 0 Å². The van der Waals surface area contributed by atoms with Gasteiger partial charge in [0.2, 0.25) is 0 Å². The number of nitrogens with one attached hydrogen (secondary N) is 2. The summed E-state index contributed by atoms with van der Waals surface area (Å²) in [6.45, 7) is 3.54. The first kappa shape index (κ1) is 13.6. The lowest BCUT2D eigenvalue weighted by molar-refractivity contribution is 0.240. The second-order valence-electron chi connectivity index (χ2n) is 4.13. The zero-order valence-electron chi connectivity index (χ0n) is 10.5. The van der Waals surface area contributed by atoms with E-state index in [9.17, 15) is 4.79 Å². The van der Waals surface area contributed by atoms with Crippen LogP contribution < -0.4 is 10.6 Å². The molecule has 0 atom stereocenters. The first-order valence-corrected chi connectivity index (χ1v) is 6.38. The van der Waals surface area contributed by atoms with E-state index in [2.05, 4.69) is 34.9 Å². The molecule has 0 heterocycles. The summed E-state index contributed by atoms with van der Waals surface area (Å²) in [5.41, 5.74) is 1.36. The van der Waals surface area contributed by atoms with Crippen molar-refractivity contribution in [3.05, 3.63) is 35.9 Å². The van der Waals surface area contributed by atoms with E-state index in [-0.39, 0.29) is 6.03 Å². The lowest BCUT2D eigenvalue weighted by Crippen LogP contribution is -2.36. The smallest absolute Gasteiger partial charge is 0.314 e. The lowest BCUT2D eigenvalue weighted by atomic mass is 10.1. The maximum Gasteiger partial charge on any atom is 0.314 e. The van der Waals surface area contributed by atoms with E-state index < -0.39 is 0 Å². The summed E-state index contributed by atoms with van der Waals surface area (Å²) in [6, 6.07) is 10.4. The highest BCUT2D eigenvalue weighted by molar-refractivity contribution is 5.73. The molecule has 0 spiro atoms. The molecule has 3 heteroatoms. The Kier molecular flexibility index (Phi) is 6.87. The van der Waals surface area contributed by atoms with Gasteiger partial charge in [-0.05, 0) is 31.2 Å². The van der Waals surface area contributed by atoms with Crippen molar-refractivity contribution < 1.29 is 4.79 Å². The lowest BCUT2D eigenvalue weighted by Gasteiger charge is -2.06. The van der Waals surface area contributed by atoms with Crippen LogP contribution in [-0.2, 0) is 6.42 Å². The van der Waals surface area contributed by atoms with E-state index in [1.54, 1.807) is 0 Å². The van der Waals surface area contributed by atoms with Gasteiger partial charge in [-0.2, -0.15) is 0 Å². The van der Waals surface area contributed by atoms with Crippen LogP contribution in [0.25, 0.3) is 0 Å². The SMILES string of the molecule is CCCNC(=O)NCCCCc1ccccc1. The Balaban J connectivity index is 1.99. The number of hydrogen-bond donors (Lipinski definition) is 2. The van der Waals surface area contributed by atoms with E-state index in [1.165, 1.54) is 5.56 Å². The minimum Gasteiger partial charge on any atom is -0.338 e. The van der Waals surface area contributed by atoms with Gasteiger partial charge in [0.15, 0.2) is 0 Å². The highest BCUT2D eigenvalue weighted by Crippen LogP contribution is 2.03. The van der Waals surface area contributed by atoms with Crippen molar-refractivity contribution in [2.45, 2.75) is 32.6 Å². The van der Waals surface area contributed by atoms with E-state index in [1.807, 2.05) is 13.0 Å². The molecule has 0 saturated heterocycles. The topological polar surface area (TPSA) is 41.1 Å². The van der Waals surface area contributed by atoms with E-state index in [0.717, 1.165) is 38.8 Å². The summed E-state index contributed by atoms with van der Waals surface area (Å²) in [4.78, 5) is 11.2. The standard InChI is InChI=1S/C14H22N2O/c1-2-11-15-14(17)16-12-7-6-10-13-8-4-3-5-9-13/h3-5,8-9H,2,6-7,10-12H2,1H3,(H2,15,16,17). The molecular formula is C14H22N2O. The van der Waals surface area contributed by atoms with Crippen molar-refractivity contribution in [3.8, 4) is 0 Å². The maximum atomic E-state index is 11.2. The van der Waals surface area contributed by atoms with E-state index in [0.29, 0.717) is 0 Å². The van der Waals surface area contributed by atoms with Gasteiger partial charge in [0, 0.05) is 13.1 Å². The fraction of sp³-hybridized carbons (Fsp3) is 0.500. The number of amides is 2. The van der Waals surface area contributed by atoms with E-state index >= 15 is 0 Å². The third-order valence-electron chi connectivity index (χ3n) is 2.56. The molecule has 2 N–H and O–H groups in total. The van der Waals surface area contributed by atoms with Gasteiger partial charge in [-0.25, -0.2) is 4.79 Å². The Hall–Kier alpha value is -1.51. The highest BCUT2D eigenvalue weighted by Gasteiger charge is 1.97. The number of aryl methyl sites for hydroxylation is 1. The summed E-state index contributed by atoms with van der Waals surface area (Å²) in [5.74, 6) is 0. The van der Waals surface area contributed by atoms with Crippen LogP contribution in [0.2, 0.25) is 0 Å². The molecule has 2 amide bonds. The molecule has 0 saturated carbocycles. The first-order valence-electron chi connectivity index (χ1n) is 6.38. The number of unbranched alkanes of at least 4 members (excludes halogenated alkanes) is 1. The summed E-state index contributed by atoms with van der Waals surface area (Å²) in [5, 5.41) is 5.64. The second-order valence-corrected chi connectivity index (χ2v) is 4.13. The predicted octanol–water partition coefficient (Wildman–Crippen LogP) is 2.72. The van der Waals surface area contributed by atoms with Crippen molar-refractivity contribution in [1.29, 1.82) is 0 Å². The van der Waals surface area contributed by atoms with Crippen LogP contribution in [0.15, 0.2) is 30.3 Å². The Morgan fingerprint density at radius 3 is 2.47 bits per heavy atom. The zero-order valence-corrected chi connectivity index (χ0v) is 10.5. The zero-order chi connectivity index (χ0) is 12.3. The maximum absolute atomic E-state index is 11.2. The average Bonchev–Trinajstić information content (AvgIpc) is 2.37. The van der Waals surface area contributed by atoms with Gasteiger partial charge in [0.25, 0.3) is 0 Å². The molecule has 17 heavy (non-hydrogen) atoms. The van der Waals surface area contributed by atoms with Crippen LogP contribution in [0.5, 0.6) is 0 Å². The van der Waals surface area contributed by atoms with Crippen molar-refractivity contribution in [1.82, 2.24) is 10.6 Å². The van der Waals surface area contributed by atoms with Gasteiger partial charge >= 0.3 is 6.03 Å². The van der Waals surface area contributed by atoms with Gasteiger partial charge in [-0.1, -0.05) is 37.3 Å². The molecule has 0 unspecified atom stereocenters. The fourth-order valence-corrected chi connectivity index (χ4v) is 1.60. The third kappa shape index (κ3) is 6.61. The van der Waals surface area contributed by atoms with Crippen LogP contribution in [-0.4, -0.2) is 19.1 Å². The van der Waals surface area contributed by atoms with Crippen LogP contribution in [0.3, 0.4) is 0 Å². The van der Waals surface area contributed by atoms with Crippen molar-refractivity contribution in [2.75, 3.05) is 13.1 Å². The van der Waals surface area contributed by atoms with Crippen molar-refractivity contribution >= 4 is 6.03 Å². The molecule has 3 nitrogen and oxygen atoms in total. The summed E-state index contributed by atoms with van der Waals surface area (Å²) < 4.78 is 0. The fourth-order valence-electron chi connectivity index (χ4n) is 1.60. The van der Waals surface area contributed by atoms with Gasteiger partial charge in [-0.15, -0.1) is 0 Å². The largest absolute Gasteiger partial charge is 0.338 e. The highest BCUT2D eigenvalue weighted by atomic mass is 16.2. The molecule has 0 aliphatic heterocycles. The Morgan fingerprint density at radius 2 is 1.76 bits per heavy atom. The Bertz CT molecular complexity index is 311. The number of rotatable bonds is 7. The average molecular weight is 234 g/mol. The molecule has 0 bridgehead atoms. The van der Waals surface area contributed by atoms with Crippen LogP contribution in [0.1, 0.15) is 31.7 Å². The van der Waals surface area contributed by atoms with Crippen molar-refractivity contribution in [2.24, 2.45) is 0 Å². The Labute approximate surface area is 104 Å². The molecule has 94 valence electrons. The minimum absolute atomic E-state index is 0.0495. The van der Waals surface area contributed by atoms with Gasteiger partial charge in [0.1, 0.15) is 0 Å². The van der Waals surface area contributed by atoms with Crippen LogP contribution in [0.4, 0.5) is 4.79 Å². The quantitative estimate of drug-likeness (QED) is 0.700. The normalized spacial score (nSPS) is 9.94. The predicted molar refractivity (Wildman–Crippen MR) is 71.1 cm³/mol. The monoisotopic (exact) mass is 234 g/mol. The number of carbonyl (C=O) groups is 1. The summed E-state index contributed by atoms with van der Waals surface area (Å²) in [6.07, 6.45) is 4.19. The second kappa shape index (κ2) is 8.62. The van der Waals surface area contributed by atoms with Gasteiger partial charge in [0.05, 0.1) is 0 Å². The number of urea groups is 1. The van der Waals surface area contributed by atoms with Crippen molar-refractivity contribution in [3.63, 3.8) is 0 Å². The minimum atomic E-state index is -0.0495. The molecule has 0 aliphatic rings. The van der Waals surface area contributed by atoms with E-state index in [4.69, 9.17) is 0 Å². The number of carbonyl (C=O) groups excluding carboxylic acids is 1. The summed E-state index contributed by atoms with van der Waals surface area (Å²) >= 11 is 0. The molecule has 1 rings (SSSR count). The summed E-state index contributed by atoms with van der Waals surface area (Å²) in [7, 11) is 0. The molecule has 1 aromatic rings. The van der Waals surface area contributed by atoms with Gasteiger partial charge in [-0.3, -0.25) is 0 Å². The molecule has 0 aromatic heterocycles. The molecule has 0 fully saturated rings. The molecule has 0 aliphatic carbocycles. The Morgan fingerprint density at radius 1 is 1.06 bits per heavy atom. The molecular weight excluding hydrogens is 212 g/mol. The number of benzene rings is 1. The van der Waals surface area contributed by atoms with Crippen LogP contribution >= 0.6 is 0 Å².